The topological polar surface area (TPSA) is 37.2 Å². The second kappa shape index (κ2) is 7.17. The standard InChI is InChI=1S/C21H27N5/c1-16-22-23-21(25(16)3)15-24(2)19-11-12-26(14-19)13-18-9-6-8-17-7-4-5-10-20(17)18/h4-10,19H,11-15H2,1-3H3. The zero-order chi connectivity index (χ0) is 18.1. The lowest BCUT2D eigenvalue weighted by Crippen LogP contribution is -2.34. The van der Waals surface area contributed by atoms with Crippen molar-refractivity contribution in [3.05, 3.63) is 59.7 Å². The van der Waals surface area contributed by atoms with E-state index in [-0.39, 0.29) is 0 Å². The first-order valence-corrected chi connectivity index (χ1v) is 9.36. The van der Waals surface area contributed by atoms with Crippen LogP contribution in [0, 0.1) is 6.92 Å². The maximum Gasteiger partial charge on any atom is 0.146 e. The second-order valence-corrected chi connectivity index (χ2v) is 7.45. The summed E-state index contributed by atoms with van der Waals surface area (Å²) in [5.41, 5.74) is 1.43. The molecular weight excluding hydrogens is 322 g/mol. The Hall–Kier alpha value is -2.24. The number of benzene rings is 2. The number of rotatable bonds is 5. The molecule has 26 heavy (non-hydrogen) atoms. The number of hydrogen-bond donors (Lipinski definition) is 0. The van der Waals surface area contributed by atoms with Gasteiger partial charge in [-0.3, -0.25) is 9.80 Å². The van der Waals surface area contributed by atoms with Crippen LogP contribution >= 0.6 is 0 Å². The molecule has 0 bridgehead atoms. The normalized spacial score (nSPS) is 18.2. The molecule has 136 valence electrons. The molecule has 1 aromatic heterocycles. The SMILES string of the molecule is Cc1nnc(CN(C)C2CCN(Cc3cccc4ccccc34)C2)n1C. The fourth-order valence-electron chi connectivity index (χ4n) is 3.93. The zero-order valence-corrected chi connectivity index (χ0v) is 15.9. The molecule has 1 fully saturated rings. The van der Waals surface area contributed by atoms with Crippen LogP contribution in [-0.2, 0) is 20.1 Å². The number of likely N-dealkylation sites (tertiary alicyclic amines) is 1. The van der Waals surface area contributed by atoms with E-state index in [1.165, 1.54) is 22.8 Å². The summed E-state index contributed by atoms with van der Waals surface area (Å²) in [4.78, 5) is 5.00. The molecule has 1 atom stereocenters. The molecule has 0 spiro atoms. The van der Waals surface area contributed by atoms with E-state index in [4.69, 9.17) is 0 Å². The molecule has 3 aromatic rings. The van der Waals surface area contributed by atoms with Crippen LogP contribution in [0.15, 0.2) is 42.5 Å². The Bertz CT molecular complexity index is 895. The smallest absolute Gasteiger partial charge is 0.146 e. The van der Waals surface area contributed by atoms with Gasteiger partial charge in [-0.2, -0.15) is 0 Å². The van der Waals surface area contributed by atoms with Gasteiger partial charge in [-0.05, 0) is 36.7 Å². The van der Waals surface area contributed by atoms with Crippen LogP contribution in [0.5, 0.6) is 0 Å². The molecule has 0 amide bonds. The van der Waals surface area contributed by atoms with Crippen LogP contribution in [0.25, 0.3) is 10.8 Å². The summed E-state index contributed by atoms with van der Waals surface area (Å²) in [6.07, 6.45) is 1.21. The molecule has 0 aliphatic carbocycles. The van der Waals surface area contributed by atoms with Crippen molar-refractivity contribution in [1.29, 1.82) is 0 Å². The quantitative estimate of drug-likeness (QED) is 0.710. The van der Waals surface area contributed by atoms with Crippen molar-refractivity contribution in [3.8, 4) is 0 Å². The largest absolute Gasteiger partial charge is 0.317 e. The van der Waals surface area contributed by atoms with E-state index < -0.39 is 0 Å². The van der Waals surface area contributed by atoms with E-state index in [0.29, 0.717) is 6.04 Å². The summed E-state index contributed by atoms with van der Waals surface area (Å²) < 4.78 is 2.08. The second-order valence-electron chi connectivity index (χ2n) is 7.45. The summed E-state index contributed by atoms with van der Waals surface area (Å²) in [6, 6.07) is 15.9. The first kappa shape index (κ1) is 17.2. The van der Waals surface area contributed by atoms with Gasteiger partial charge >= 0.3 is 0 Å². The van der Waals surface area contributed by atoms with Crippen molar-refractivity contribution in [3.63, 3.8) is 0 Å². The van der Waals surface area contributed by atoms with Crippen molar-refractivity contribution in [2.24, 2.45) is 7.05 Å². The first-order chi connectivity index (χ1) is 12.6. The average Bonchev–Trinajstić information content (AvgIpc) is 3.24. The van der Waals surface area contributed by atoms with Crippen molar-refractivity contribution >= 4 is 10.8 Å². The Kier molecular flexibility index (Phi) is 4.74. The minimum Gasteiger partial charge on any atom is -0.317 e. The minimum absolute atomic E-state index is 0.571. The molecule has 1 aliphatic heterocycles. The van der Waals surface area contributed by atoms with E-state index in [0.717, 1.165) is 37.8 Å². The van der Waals surface area contributed by atoms with Gasteiger partial charge in [0.15, 0.2) is 0 Å². The molecule has 0 N–H and O–H groups in total. The van der Waals surface area contributed by atoms with Gasteiger partial charge < -0.3 is 4.57 Å². The Labute approximate surface area is 155 Å². The molecule has 2 aromatic carbocycles. The molecule has 1 unspecified atom stereocenters. The van der Waals surface area contributed by atoms with Crippen LogP contribution in [0.1, 0.15) is 23.6 Å². The highest BCUT2D eigenvalue weighted by atomic mass is 15.3. The highest BCUT2D eigenvalue weighted by Gasteiger charge is 2.26. The fourth-order valence-corrected chi connectivity index (χ4v) is 3.93. The lowest BCUT2D eigenvalue weighted by Gasteiger charge is -2.24. The minimum atomic E-state index is 0.571. The van der Waals surface area contributed by atoms with Gasteiger partial charge in [0.2, 0.25) is 0 Å². The van der Waals surface area contributed by atoms with Crippen molar-refractivity contribution < 1.29 is 0 Å². The fraction of sp³-hybridized carbons (Fsp3) is 0.429. The predicted octanol–water partition coefficient (Wildman–Crippen LogP) is 2.98. The van der Waals surface area contributed by atoms with Gasteiger partial charge in [0.1, 0.15) is 11.6 Å². The lowest BCUT2D eigenvalue weighted by atomic mass is 10.0. The van der Waals surface area contributed by atoms with Crippen LogP contribution in [-0.4, -0.2) is 50.7 Å². The molecule has 5 heteroatoms. The Morgan fingerprint density at radius 1 is 1.12 bits per heavy atom. The van der Waals surface area contributed by atoms with Gasteiger partial charge in [0.25, 0.3) is 0 Å². The van der Waals surface area contributed by atoms with Gasteiger partial charge in [0, 0.05) is 32.7 Å². The highest BCUT2D eigenvalue weighted by Crippen LogP contribution is 2.23. The summed E-state index contributed by atoms with van der Waals surface area (Å²) >= 11 is 0. The predicted molar refractivity (Wildman–Crippen MR) is 105 cm³/mol. The maximum absolute atomic E-state index is 4.31. The molecule has 2 heterocycles. The third kappa shape index (κ3) is 3.37. The monoisotopic (exact) mass is 349 g/mol. The Balaban J connectivity index is 1.41. The first-order valence-electron chi connectivity index (χ1n) is 9.36. The summed E-state index contributed by atoms with van der Waals surface area (Å²) in [6.45, 7) is 6.13. The molecule has 1 saturated heterocycles. The van der Waals surface area contributed by atoms with Crippen molar-refractivity contribution in [2.75, 3.05) is 20.1 Å². The van der Waals surface area contributed by atoms with Crippen molar-refractivity contribution in [1.82, 2.24) is 24.6 Å². The van der Waals surface area contributed by atoms with E-state index in [1.807, 2.05) is 14.0 Å². The third-order valence-corrected chi connectivity index (χ3v) is 5.72. The summed E-state index contributed by atoms with van der Waals surface area (Å²) in [5, 5.41) is 11.2. The van der Waals surface area contributed by atoms with Gasteiger partial charge in [-0.25, -0.2) is 0 Å². The molecule has 1 aliphatic rings. The molecule has 4 rings (SSSR count). The van der Waals surface area contributed by atoms with Gasteiger partial charge in [-0.15, -0.1) is 10.2 Å². The lowest BCUT2D eigenvalue weighted by molar-refractivity contribution is 0.216. The maximum atomic E-state index is 4.31. The molecule has 5 nitrogen and oxygen atoms in total. The van der Waals surface area contributed by atoms with Crippen LogP contribution < -0.4 is 0 Å². The average molecular weight is 349 g/mol. The third-order valence-electron chi connectivity index (χ3n) is 5.72. The number of fused-ring (bicyclic) bond motifs is 1. The molecular formula is C21H27N5. The van der Waals surface area contributed by atoms with Crippen molar-refractivity contribution in [2.45, 2.75) is 32.5 Å². The highest BCUT2D eigenvalue weighted by molar-refractivity contribution is 5.85. The van der Waals surface area contributed by atoms with E-state index in [2.05, 4.69) is 74.1 Å². The van der Waals surface area contributed by atoms with Gasteiger partial charge in [0.05, 0.1) is 6.54 Å². The summed E-state index contributed by atoms with van der Waals surface area (Å²) in [5.74, 6) is 2.01. The summed E-state index contributed by atoms with van der Waals surface area (Å²) in [7, 11) is 4.25. The Morgan fingerprint density at radius 2 is 1.92 bits per heavy atom. The zero-order valence-electron chi connectivity index (χ0n) is 15.9. The van der Waals surface area contributed by atoms with E-state index in [1.54, 1.807) is 0 Å². The molecule has 0 saturated carbocycles. The number of hydrogen-bond acceptors (Lipinski definition) is 4. The number of nitrogens with zero attached hydrogens (tertiary/aromatic N) is 5. The van der Waals surface area contributed by atoms with Gasteiger partial charge in [-0.1, -0.05) is 42.5 Å². The van der Waals surface area contributed by atoms with Crippen LogP contribution in [0.2, 0.25) is 0 Å². The number of aryl methyl sites for hydroxylation is 1. The van der Waals surface area contributed by atoms with E-state index in [9.17, 15) is 0 Å². The van der Waals surface area contributed by atoms with Crippen LogP contribution in [0.3, 0.4) is 0 Å². The van der Waals surface area contributed by atoms with E-state index >= 15 is 0 Å². The Morgan fingerprint density at radius 3 is 2.73 bits per heavy atom. The van der Waals surface area contributed by atoms with Crippen LogP contribution in [0.4, 0.5) is 0 Å². The number of aromatic nitrogens is 3. The molecule has 0 radical (unpaired) electrons. The number of likely N-dealkylation sites (N-methyl/N-ethyl adjacent to an activating group) is 1.